The normalized spacial score (nSPS) is 10.9. The minimum atomic E-state index is 0.792. The fourth-order valence-corrected chi connectivity index (χ4v) is 1.92. The lowest BCUT2D eigenvalue weighted by Gasteiger charge is -2.06. The van der Waals surface area contributed by atoms with E-state index in [1.165, 1.54) is 0 Å². The Morgan fingerprint density at radius 2 is 2.27 bits per heavy atom. The smallest absolute Gasteiger partial charge is 0.0860 e. The van der Waals surface area contributed by atoms with E-state index in [9.17, 15) is 0 Å². The summed E-state index contributed by atoms with van der Waals surface area (Å²) in [6.45, 7) is 6.67. The zero-order chi connectivity index (χ0) is 11.3. The molecule has 1 aromatic heterocycles. The number of aryl methyl sites for hydroxylation is 2. The maximum absolute atomic E-state index is 6.17. The van der Waals surface area contributed by atoms with Crippen LogP contribution < -0.4 is 5.32 Å². The SMILES string of the molecule is CCn1nc(C)c(Cl)c1CNCCCBr. The Kier molecular flexibility index (Phi) is 5.64. The Bertz CT molecular complexity index is 312. The van der Waals surface area contributed by atoms with E-state index in [1.54, 1.807) is 0 Å². The number of halogens is 2. The van der Waals surface area contributed by atoms with E-state index in [0.717, 1.165) is 47.8 Å². The average Bonchev–Trinajstić information content (AvgIpc) is 2.51. The van der Waals surface area contributed by atoms with Gasteiger partial charge in [-0.3, -0.25) is 4.68 Å². The van der Waals surface area contributed by atoms with Crippen molar-refractivity contribution in [1.82, 2.24) is 15.1 Å². The molecule has 1 heterocycles. The number of nitrogens with one attached hydrogen (secondary N) is 1. The van der Waals surface area contributed by atoms with Crippen LogP contribution in [0.2, 0.25) is 5.02 Å². The van der Waals surface area contributed by atoms with Crippen LogP contribution in [0.15, 0.2) is 0 Å². The average molecular weight is 295 g/mol. The maximum atomic E-state index is 6.17. The molecule has 0 saturated heterocycles. The molecule has 0 bridgehead atoms. The summed E-state index contributed by atoms with van der Waals surface area (Å²) in [6.07, 6.45) is 1.12. The van der Waals surface area contributed by atoms with Crippen LogP contribution >= 0.6 is 27.5 Å². The van der Waals surface area contributed by atoms with Gasteiger partial charge in [-0.1, -0.05) is 27.5 Å². The molecule has 0 radical (unpaired) electrons. The van der Waals surface area contributed by atoms with Gasteiger partial charge in [0.2, 0.25) is 0 Å². The summed E-state index contributed by atoms with van der Waals surface area (Å²) in [5, 5.41) is 9.54. The molecule has 0 spiro atoms. The molecule has 1 aromatic rings. The molecule has 0 unspecified atom stereocenters. The standard InChI is InChI=1S/C10H17BrClN3/c1-3-15-9(7-13-6-4-5-11)10(12)8(2)14-15/h13H,3-7H2,1-2H3. The Labute approximate surface area is 104 Å². The number of hydrogen-bond acceptors (Lipinski definition) is 2. The maximum Gasteiger partial charge on any atom is 0.0860 e. The van der Waals surface area contributed by atoms with Gasteiger partial charge in [0.05, 0.1) is 16.4 Å². The van der Waals surface area contributed by atoms with Crippen molar-refractivity contribution in [3.63, 3.8) is 0 Å². The highest BCUT2D eigenvalue weighted by atomic mass is 79.9. The second-order valence-corrected chi connectivity index (χ2v) is 4.55. The van der Waals surface area contributed by atoms with Crippen LogP contribution in [0.4, 0.5) is 0 Å². The van der Waals surface area contributed by atoms with Crippen molar-refractivity contribution >= 4 is 27.5 Å². The number of rotatable bonds is 6. The van der Waals surface area contributed by atoms with E-state index in [-0.39, 0.29) is 0 Å². The van der Waals surface area contributed by atoms with Crippen molar-refractivity contribution in [2.75, 3.05) is 11.9 Å². The topological polar surface area (TPSA) is 29.9 Å². The van der Waals surface area contributed by atoms with Gasteiger partial charge < -0.3 is 5.32 Å². The van der Waals surface area contributed by atoms with Gasteiger partial charge in [0.15, 0.2) is 0 Å². The molecule has 3 nitrogen and oxygen atoms in total. The predicted molar refractivity (Wildman–Crippen MR) is 67.8 cm³/mol. The highest BCUT2D eigenvalue weighted by Crippen LogP contribution is 2.19. The Hall–Kier alpha value is -0.0600. The lowest BCUT2D eigenvalue weighted by molar-refractivity contribution is 0.578. The first kappa shape index (κ1) is 13.0. The summed E-state index contributed by atoms with van der Waals surface area (Å²) in [4.78, 5) is 0. The van der Waals surface area contributed by atoms with Crippen molar-refractivity contribution in [2.45, 2.75) is 33.4 Å². The molecule has 0 aromatic carbocycles. The summed E-state index contributed by atoms with van der Waals surface area (Å²) in [5.41, 5.74) is 2.00. The quantitative estimate of drug-likeness (QED) is 0.646. The summed E-state index contributed by atoms with van der Waals surface area (Å²) in [5.74, 6) is 0. The second-order valence-electron chi connectivity index (χ2n) is 3.38. The fourth-order valence-electron chi connectivity index (χ4n) is 1.44. The van der Waals surface area contributed by atoms with Crippen molar-refractivity contribution in [3.05, 3.63) is 16.4 Å². The lowest BCUT2D eigenvalue weighted by atomic mass is 10.3. The Balaban J connectivity index is 2.58. The van der Waals surface area contributed by atoms with Gasteiger partial charge in [0.25, 0.3) is 0 Å². The monoisotopic (exact) mass is 293 g/mol. The van der Waals surface area contributed by atoms with Gasteiger partial charge in [-0.15, -0.1) is 0 Å². The molecule has 0 fully saturated rings. The third kappa shape index (κ3) is 3.47. The third-order valence-corrected chi connectivity index (χ3v) is 3.28. The van der Waals surface area contributed by atoms with Crippen molar-refractivity contribution < 1.29 is 0 Å². The number of aromatic nitrogens is 2. The van der Waals surface area contributed by atoms with Gasteiger partial charge >= 0.3 is 0 Å². The molecule has 0 aliphatic rings. The molecular formula is C10H17BrClN3. The Morgan fingerprint density at radius 1 is 1.53 bits per heavy atom. The van der Waals surface area contributed by atoms with E-state index < -0.39 is 0 Å². The summed E-state index contributed by atoms with van der Waals surface area (Å²) < 4.78 is 1.96. The van der Waals surface area contributed by atoms with Gasteiger partial charge in [-0.25, -0.2) is 0 Å². The van der Waals surface area contributed by atoms with Crippen LogP contribution in [0.25, 0.3) is 0 Å². The van der Waals surface area contributed by atoms with Crippen molar-refractivity contribution in [1.29, 1.82) is 0 Å². The first-order valence-electron chi connectivity index (χ1n) is 5.19. The van der Waals surface area contributed by atoms with Crippen molar-refractivity contribution in [2.24, 2.45) is 0 Å². The van der Waals surface area contributed by atoms with Gasteiger partial charge in [-0.05, 0) is 26.8 Å². The Morgan fingerprint density at radius 3 is 2.87 bits per heavy atom. The fraction of sp³-hybridized carbons (Fsp3) is 0.700. The molecular weight excluding hydrogens is 277 g/mol. The zero-order valence-corrected chi connectivity index (χ0v) is 11.5. The molecule has 0 amide bonds. The molecule has 0 atom stereocenters. The summed E-state index contributed by atoms with van der Waals surface area (Å²) in [6, 6.07) is 0. The summed E-state index contributed by atoms with van der Waals surface area (Å²) >= 11 is 9.57. The molecule has 0 saturated carbocycles. The number of alkyl halides is 1. The van der Waals surface area contributed by atoms with Crippen LogP contribution in [0, 0.1) is 6.92 Å². The number of nitrogens with zero attached hydrogens (tertiary/aromatic N) is 2. The van der Waals surface area contributed by atoms with Crippen LogP contribution in [0.5, 0.6) is 0 Å². The molecule has 1 rings (SSSR count). The third-order valence-electron chi connectivity index (χ3n) is 2.23. The zero-order valence-electron chi connectivity index (χ0n) is 9.19. The predicted octanol–water partition coefficient (Wildman–Crippen LogP) is 2.74. The van der Waals surface area contributed by atoms with Crippen LogP contribution in [-0.2, 0) is 13.1 Å². The van der Waals surface area contributed by atoms with Gasteiger partial charge in [-0.2, -0.15) is 5.10 Å². The number of hydrogen-bond donors (Lipinski definition) is 1. The molecule has 15 heavy (non-hydrogen) atoms. The van der Waals surface area contributed by atoms with E-state index in [1.807, 2.05) is 11.6 Å². The molecule has 0 aliphatic heterocycles. The lowest BCUT2D eigenvalue weighted by Crippen LogP contribution is -2.18. The van der Waals surface area contributed by atoms with Crippen LogP contribution in [0.1, 0.15) is 24.7 Å². The minimum Gasteiger partial charge on any atom is -0.311 e. The molecule has 5 heteroatoms. The largest absolute Gasteiger partial charge is 0.311 e. The second kappa shape index (κ2) is 6.51. The molecule has 86 valence electrons. The molecule has 1 N–H and O–H groups in total. The van der Waals surface area contributed by atoms with E-state index in [0.29, 0.717) is 0 Å². The van der Waals surface area contributed by atoms with E-state index >= 15 is 0 Å². The van der Waals surface area contributed by atoms with Crippen LogP contribution in [-0.4, -0.2) is 21.7 Å². The first-order valence-corrected chi connectivity index (χ1v) is 6.69. The first-order chi connectivity index (χ1) is 7.20. The highest BCUT2D eigenvalue weighted by Gasteiger charge is 2.11. The van der Waals surface area contributed by atoms with Gasteiger partial charge in [0, 0.05) is 18.4 Å². The van der Waals surface area contributed by atoms with E-state index in [2.05, 4.69) is 33.3 Å². The highest BCUT2D eigenvalue weighted by molar-refractivity contribution is 9.09. The minimum absolute atomic E-state index is 0.792. The van der Waals surface area contributed by atoms with Crippen LogP contribution in [0.3, 0.4) is 0 Å². The molecule has 0 aliphatic carbocycles. The summed E-state index contributed by atoms with van der Waals surface area (Å²) in [7, 11) is 0. The van der Waals surface area contributed by atoms with E-state index in [4.69, 9.17) is 11.6 Å². The van der Waals surface area contributed by atoms with Crippen molar-refractivity contribution in [3.8, 4) is 0 Å². The van der Waals surface area contributed by atoms with Gasteiger partial charge in [0.1, 0.15) is 0 Å².